The van der Waals surface area contributed by atoms with E-state index in [-0.39, 0.29) is 11.4 Å². The van der Waals surface area contributed by atoms with Crippen LogP contribution in [0.1, 0.15) is 35.8 Å². The summed E-state index contributed by atoms with van der Waals surface area (Å²) in [5.74, 6) is -3.90. The summed E-state index contributed by atoms with van der Waals surface area (Å²) < 4.78 is 54.5. The number of hydrogen-bond donors (Lipinski definition) is 1. The summed E-state index contributed by atoms with van der Waals surface area (Å²) in [5, 5.41) is 1.80. The van der Waals surface area contributed by atoms with Crippen molar-refractivity contribution in [2.45, 2.75) is 42.8 Å². The third-order valence-corrected chi connectivity index (χ3v) is 10.9. The second-order valence-electron chi connectivity index (χ2n) is 11.0. The van der Waals surface area contributed by atoms with E-state index in [1.54, 1.807) is 0 Å². The molecule has 0 saturated carbocycles. The Morgan fingerprint density at radius 1 is 0.936 bits per heavy atom. The summed E-state index contributed by atoms with van der Waals surface area (Å²) in [4.78, 5) is 57.5. The third kappa shape index (κ3) is 6.07. The van der Waals surface area contributed by atoms with Crippen LogP contribution in [0.25, 0.3) is 0 Å². The minimum absolute atomic E-state index is 0.0904. The van der Waals surface area contributed by atoms with E-state index in [1.807, 2.05) is 38.1 Å². The van der Waals surface area contributed by atoms with Gasteiger partial charge in [0.25, 0.3) is 0 Å². The van der Waals surface area contributed by atoms with Crippen molar-refractivity contribution < 1.29 is 31.9 Å². The largest absolute Gasteiger partial charge is 0.416 e. The Hall–Kier alpha value is -4.43. The molecule has 1 fully saturated rings. The second-order valence-corrected chi connectivity index (χ2v) is 13.2. The van der Waals surface area contributed by atoms with Gasteiger partial charge < -0.3 is 10.2 Å². The number of halogens is 4. The van der Waals surface area contributed by atoms with E-state index in [2.05, 4.69) is 10.2 Å². The molecule has 3 atom stereocenters. The number of alkyl halides is 3. The lowest BCUT2D eigenvalue weighted by molar-refractivity contribution is -0.137. The topological polar surface area (TPSA) is 91.7 Å². The van der Waals surface area contributed by atoms with Crippen LogP contribution < -0.4 is 20.0 Å². The van der Waals surface area contributed by atoms with Crippen LogP contribution in [-0.4, -0.2) is 40.6 Å². The molecule has 6 rings (SSSR count). The molecule has 4 aromatic rings. The lowest BCUT2D eigenvalue weighted by atomic mass is 9.83. The summed E-state index contributed by atoms with van der Waals surface area (Å²) in [7, 11) is 0. The van der Waals surface area contributed by atoms with Gasteiger partial charge in [-0.15, -0.1) is 0 Å². The highest BCUT2D eigenvalue weighted by molar-refractivity contribution is 8.00. The maximum absolute atomic E-state index is 14.0. The first kappa shape index (κ1) is 32.5. The highest BCUT2D eigenvalue weighted by atomic mass is 32.2. The maximum Gasteiger partial charge on any atom is 0.416 e. The number of amides is 3. The van der Waals surface area contributed by atoms with Crippen molar-refractivity contribution in [1.82, 2.24) is 4.57 Å². The van der Waals surface area contributed by atoms with Gasteiger partial charge in [0.05, 0.1) is 22.2 Å². The van der Waals surface area contributed by atoms with Crippen LogP contribution in [0.4, 0.5) is 34.6 Å². The Bertz CT molecular complexity index is 1900. The third-order valence-electron chi connectivity index (χ3n) is 8.29. The predicted molar refractivity (Wildman–Crippen MR) is 173 cm³/mol. The van der Waals surface area contributed by atoms with Crippen molar-refractivity contribution in [3.05, 3.63) is 104 Å². The molecule has 0 spiro atoms. The molecule has 0 radical (unpaired) electrons. The van der Waals surface area contributed by atoms with Crippen LogP contribution in [0, 0.1) is 11.7 Å². The fourth-order valence-corrected chi connectivity index (χ4v) is 8.83. The van der Waals surface area contributed by atoms with Gasteiger partial charge in [-0.2, -0.15) is 13.2 Å². The summed E-state index contributed by atoms with van der Waals surface area (Å²) in [6, 6.07) is 16.7. The van der Waals surface area contributed by atoms with Crippen LogP contribution in [0.5, 0.6) is 0 Å². The molecule has 47 heavy (non-hydrogen) atoms. The molecule has 2 aliphatic heterocycles. The molecular formula is C33H28F4N4O4S2. The molecule has 3 heterocycles. The molecule has 1 aromatic heterocycles. The number of benzene rings is 3. The lowest BCUT2D eigenvalue weighted by Crippen LogP contribution is -2.33. The number of rotatable bonds is 8. The van der Waals surface area contributed by atoms with Gasteiger partial charge >= 0.3 is 11.0 Å². The quantitative estimate of drug-likeness (QED) is 0.172. The smallest absolute Gasteiger partial charge is 0.372 e. The van der Waals surface area contributed by atoms with Gasteiger partial charge in [0, 0.05) is 35.3 Å². The average molecular weight is 685 g/mol. The zero-order valence-electron chi connectivity index (χ0n) is 25.1. The molecular weight excluding hydrogens is 657 g/mol. The van der Waals surface area contributed by atoms with E-state index in [9.17, 15) is 36.7 Å². The van der Waals surface area contributed by atoms with Gasteiger partial charge in [0.1, 0.15) is 17.6 Å². The van der Waals surface area contributed by atoms with Crippen LogP contribution in [-0.2, 0) is 27.1 Å². The Labute approximate surface area is 275 Å². The number of anilines is 3. The van der Waals surface area contributed by atoms with Crippen molar-refractivity contribution in [2.75, 3.05) is 28.2 Å². The number of aromatic nitrogens is 1. The van der Waals surface area contributed by atoms with Crippen molar-refractivity contribution in [2.24, 2.45) is 5.92 Å². The van der Waals surface area contributed by atoms with Gasteiger partial charge in [0.15, 0.2) is 0 Å². The number of nitrogens with one attached hydrogen (secondary N) is 1. The molecule has 3 aromatic carbocycles. The van der Waals surface area contributed by atoms with E-state index < -0.39 is 63.8 Å². The normalized spacial score (nSPS) is 19.0. The fourth-order valence-electron chi connectivity index (χ4n) is 6.06. The van der Waals surface area contributed by atoms with Crippen molar-refractivity contribution in [3.8, 4) is 0 Å². The fraction of sp³-hybridized carbons (Fsp3) is 0.273. The summed E-state index contributed by atoms with van der Waals surface area (Å²) in [6.07, 6.45) is -4.61. The van der Waals surface area contributed by atoms with Crippen molar-refractivity contribution in [1.29, 1.82) is 0 Å². The van der Waals surface area contributed by atoms with Gasteiger partial charge in [-0.1, -0.05) is 41.3 Å². The predicted octanol–water partition coefficient (Wildman–Crippen LogP) is 6.35. The van der Waals surface area contributed by atoms with Crippen molar-refractivity contribution >= 4 is 57.9 Å². The van der Waals surface area contributed by atoms with Gasteiger partial charge in [-0.25, -0.2) is 9.29 Å². The number of carbonyl (C=O) groups excluding carboxylic acids is 3. The molecule has 1 N–H and O–H groups in total. The molecule has 244 valence electrons. The summed E-state index contributed by atoms with van der Waals surface area (Å²) in [5.41, 5.74) is 0.841. The van der Waals surface area contributed by atoms with Crippen molar-refractivity contribution in [3.63, 3.8) is 0 Å². The number of thiazole rings is 1. The van der Waals surface area contributed by atoms with E-state index in [1.165, 1.54) is 28.8 Å². The number of thioether (sulfide) groups is 1. The Morgan fingerprint density at radius 3 is 2.26 bits per heavy atom. The highest BCUT2D eigenvalue weighted by Gasteiger charge is 2.56. The minimum Gasteiger partial charge on any atom is -0.372 e. The van der Waals surface area contributed by atoms with Crippen LogP contribution >= 0.6 is 23.1 Å². The lowest BCUT2D eigenvalue weighted by Gasteiger charge is -2.31. The number of nitrogens with zero attached hydrogens (tertiary/aromatic N) is 3. The number of carbonyl (C=O) groups is 3. The van der Waals surface area contributed by atoms with Crippen LogP contribution in [0.3, 0.4) is 0 Å². The van der Waals surface area contributed by atoms with Gasteiger partial charge in [-0.05, 0) is 74.0 Å². The van der Waals surface area contributed by atoms with E-state index in [4.69, 9.17) is 0 Å². The van der Waals surface area contributed by atoms with Gasteiger partial charge in [0.2, 0.25) is 17.7 Å². The number of hydrogen-bond acceptors (Lipinski definition) is 7. The molecule has 3 unspecified atom stereocenters. The summed E-state index contributed by atoms with van der Waals surface area (Å²) in [6.45, 7) is 5.09. The van der Waals surface area contributed by atoms with Crippen LogP contribution in [0.2, 0.25) is 0 Å². The number of fused-ring (bicyclic) bond motifs is 2. The van der Waals surface area contributed by atoms with E-state index in [0.29, 0.717) is 15.5 Å². The second kappa shape index (κ2) is 12.6. The monoisotopic (exact) mass is 684 g/mol. The molecule has 8 nitrogen and oxygen atoms in total. The average Bonchev–Trinajstić information content (AvgIpc) is 3.48. The van der Waals surface area contributed by atoms with Gasteiger partial charge in [-0.3, -0.25) is 23.7 Å². The van der Waals surface area contributed by atoms with Crippen LogP contribution in [0.15, 0.2) is 82.6 Å². The molecule has 0 aliphatic carbocycles. The first-order valence-electron chi connectivity index (χ1n) is 14.8. The minimum atomic E-state index is -4.61. The first-order chi connectivity index (χ1) is 22.4. The summed E-state index contributed by atoms with van der Waals surface area (Å²) >= 11 is 1.87. The molecule has 2 aliphatic rings. The molecule has 3 amide bonds. The van der Waals surface area contributed by atoms with E-state index in [0.717, 1.165) is 71.0 Å². The Morgan fingerprint density at radius 2 is 1.62 bits per heavy atom. The first-order valence-corrected chi connectivity index (χ1v) is 16.5. The molecule has 1 saturated heterocycles. The zero-order valence-corrected chi connectivity index (χ0v) is 26.7. The Balaban J connectivity index is 1.39. The Kier molecular flexibility index (Phi) is 8.74. The van der Waals surface area contributed by atoms with E-state index >= 15 is 0 Å². The zero-order chi connectivity index (χ0) is 33.6. The highest BCUT2D eigenvalue weighted by Crippen LogP contribution is 2.54. The SMILES string of the molecule is CCN(CC)c1ccc(C2c3sc(=O)n(CC(=O)Nc4cccc(C(F)(F)F)c4)c3SC3C(=O)N(c4ccc(F)cc4)C(=O)C32)cc1. The standard InChI is InChI=1S/C33H28F4N4O4S2/c1-3-39(4-2)22-12-8-18(9-13-22)25-26-27(30(44)41(29(26)43)23-14-10-20(34)11-15-23)46-31-28(25)47-32(45)40(31)17-24(42)38-21-7-5-6-19(16-21)33(35,36)37/h5-16,25-27H,3-4,17H2,1-2H3,(H,38,42). The number of imide groups is 1. The molecule has 0 bridgehead atoms. The maximum atomic E-state index is 14.0. The molecule has 14 heteroatoms.